The summed E-state index contributed by atoms with van der Waals surface area (Å²) in [5.41, 5.74) is 0.00323. The van der Waals surface area contributed by atoms with Crippen LogP contribution in [0, 0.1) is 0 Å². The maximum atomic E-state index is 11.8. The van der Waals surface area contributed by atoms with E-state index in [0.29, 0.717) is 30.2 Å². The topological polar surface area (TPSA) is 52.6 Å². The molecule has 17 heavy (non-hydrogen) atoms. The molecule has 2 amide bonds. The van der Waals surface area contributed by atoms with Crippen LogP contribution in [-0.4, -0.2) is 34.7 Å². The predicted octanol–water partition coefficient (Wildman–Crippen LogP) is 2.33. The minimum absolute atomic E-state index is 0.189. The van der Waals surface area contributed by atoms with E-state index in [9.17, 15) is 9.90 Å². The number of urea groups is 1. The molecule has 0 unspecified atom stereocenters. The first-order chi connectivity index (χ1) is 8.02. The third-order valence-electron chi connectivity index (χ3n) is 3.01. The molecule has 0 atom stereocenters. The van der Waals surface area contributed by atoms with Crippen molar-refractivity contribution in [2.45, 2.75) is 18.9 Å². The zero-order valence-corrected chi connectivity index (χ0v) is 10.4. The van der Waals surface area contributed by atoms with E-state index in [2.05, 4.69) is 5.32 Å². The molecule has 0 bridgehead atoms. The number of nitrogens with zero attached hydrogens (tertiary/aromatic N) is 1. The van der Waals surface area contributed by atoms with Gasteiger partial charge in [0, 0.05) is 10.7 Å². The molecular formula is C12H15ClN2O2. The van der Waals surface area contributed by atoms with Gasteiger partial charge in [-0.2, -0.15) is 0 Å². The minimum atomic E-state index is -0.697. The number of carbonyl (C=O) groups is 1. The largest absolute Gasteiger partial charge is 0.386 e. The SMILES string of the molecule is CCC1(O)CN(C(=O)Nc2ccc(Cl)cc2)C1. The number of benzene rings is 1. The lowest BCUT2D eigenvalue weighted by molar-refractivity contribution is -0.0755. The van der Waals surface area contributed by atoms with Crippen LogP contribution in [-0.2, 0) is 0 Å². The maximum Gasteiger partial charge on any atom is 0.322 e. The molecule has 1 aliphatic rings. The van der Waals surface area contributed by atoms with Gasteiger partial charge in [0.2, 0.25) is 0 Å². The number of carbonyl (C=O) groups excluding carboxylic acids is 1. The molecule has 0 aliphatic carbocycles. The van der Waals surface area contributed by atoms with Crippen molar-refractivity contribution in [2.75, 3.05) is 18.4 Å². The van der Waals surface area contributed by atoms with Crippen LogP contribution in [0.3, 0.4) is 0 Å². The van der Waals surface area contributed by atoms with Crippen molar-refractivity contribution in [3.8, 4) is 0 Å². The second-order valence-corrected chi connectivity index (χ2v) is 4.81. The summed E-state index contributed by atoms with van der Waals surface area (Å²) in [7, 11) is 0. The van der Waals surface area contributed by atoms with Crippen molar-refractivity contribution in [2.24, 2.45) is 0 Å². The molecule has 2 rings (SSSR count). The van der Waals surface area contributed by atoms with Crippen LogP contribution < -0.4 is 5.32 Å². The van der Waals surface area contributed by atoms with Gasteiger partial charge in [-0.05, 0) is 30.7 Å². The number of anilines is 1. The fraction of sp³-hybridized carbons (Fsp3) is 0.417. The van der Waals surface area contributed by atoms with Gasteiger partial charge in [0.1, 0.15) is 0 Å². The highest BCUT2D eigenvalue weighted by Gasteiger charge is 2.41. The summed E-state index contributed by atoms with van der Waals surface area (Å²) in [5, 5.41) is 13.2. The number of halogens is 1. The van der Waals surface area contributed by atoms with E-state index in [1.165, 1.54) is 0 Å². The number of amides is 2. The van der Waals surface area contributed by atoms with Gasteiger partial charge in [0.15, 0.2) is 0 Å². The number of nitrogens with one attached hydrogen (secondary N) is 1. The lowest BCUT2D eigenvalue weighted by atomic mass is 9.92. The molecule has 1 aliphatic heterocycles. The van der Waals surface area contributed by atoms with Crippen molar-refractivity contribution in [1.82, 2.24) is 4.90 Å². The van der Waals surface area contributed by atoms with Crippen LogP contribution in [0.1, 0.15) is 13.3 Å². The normalized spacial score (nSPS) is 17.5. The zero-order chi connectivity index (χ0) is 12.5. The molecule has 4 nitrogen and oxygen atoms in total. The quantitative estimate of drug-likeness (QED) is 0.851. The van der Waals surface area contributed by atoms with E-state index in [0.717, 1.165) is 0 Å². The molecule has 1 fully saturated rings. The Morgan fingerprint density at radius 3 is 2.59 bits per heavy atom. The van der Waals surface area contributed by atoms with Gasteiger partial charge in [-0.1, -0.05) is 18.5 Å². The highest BCUT2D eigenvalue weighted by Crippen LogP contribution is 2.24. The van der Waals surface area contributed by atoms with Gasteiger partial charge in [0.05, 0.1) is 18.7 Å². The summed E-state index contributed by atoms with van der Waals surface area (Å²) in [6.45, 7) is 2.69. The molecule has 1 aromatic rings. The van der Waals surface area contributed by atoms with Crippen LogP contribution in [0.15, 0.2) is 24.3 Å². The Bertz CT molecular complexity index is 413. The fourth-order valence-corrected chi connectivity index (χ4v) is 1.89. The summed E-state index contributed by atoms with van der Waals surface area (Å²) >= 11 is 5.75. The lowest BCUT2D eigenvalue weighted by Gasteiger charge is -2.45. The molecule has 92 valence electrons. The van der Waals surface area contributed by atoms with E-state index >= 15 is 0 Å². The first kappa shape index (κ1) is 12.2. The Kier molecular flexibility index (Phi) is 3.26. The number of likely N-dealkylation sites (tertiary alicyclic amines) is 1. The van der Waals surface area contributed by atoms with E-state index < -0.39 is 5.60 Å². The minimum Gasteiger partial charge on any atom is -0.386 e. The van der Waals surface area contributed by atoms with Crippen LogP contribution >= 0.6 is 11.6 Å². The van der Waals surface area contributed by atoms with Crippen LogP contribution in [0.25, 0.3) is 0 Å². The van der Waals surface area contributed by atoms with E-state index in [1.807, 2.05) is 6.92 Å². The number of hydrogen-bond donors (Lipinski definition) is 2. The first-order valence-electron chi connectivity index (χ1n) is 5.56. The molecule has 1 heterocycles. The van der Waals surface area contributed by atoms with Gasteiger partial charge in [-0.25, -0.2) is 4.79 Å². The highest BCUT2D eigenvalue weighted by atomic mass is 35.5. The molecule has 5 heteroatoms. The predicted molar refractivity (Wildman–Crippen MR) is 67.3 cm³/mol. The molecule has 1 saturated heterocycles. The second kappa shape index (κ2) is 4.55. The molecular weight excluding hydrogens is 240 g/mol. The van der Waals surface area contributed by atoms with Gasteiger partial charge >= 0.3 is 6.03 Å². The van der Waals surface area contributed by atoms with Gasteiger partial charge in [0.25, 0.3) is 0 Å². The molecule has 2 N–H and O–H groups in total. The van der Waals surface area contributed by atoms with Crippen molar-refractivity contribution in [3.05, 3.63) is 29.3 Å². The molecule has 0 aromatic heterocycles. The Labute approximate surface area is 105 Å². The average molecular weight is 255 g/mol. The van der Waals surface area contributed by atoms with E-state index in [4.69, 9.17) is 11.6 Å². The van der Waals surface area contributed by atoms with Gasteiger partial charge in [-0.3, -0.25) is 0 Å². The summed E-state index contributed by atoms with van der Waals surface area (Å²) in [4.78, 5) is 13.3. The molecule has 1 aromatic carbocycles. The third kappa shape index (κ3) is 2.70. The smallest absolute Gasteiger partial charge is 0.322 e. The monoisotopic (exact) mass is 254 g/mol. The number of rotatable bonds is 2. The van der Waals surface area contributed by atoms with Crippen molar-refractivity contribution < 1.29 is 9.90 Å². The van der Waals surface area contributed by atoms with E-state index in [-0.39, 0.29) is 6.03 Å². The Hall–Kier alpha value is -1.26. The third-order valence-corrected chi connectivity index (χ3v) is 3.26. The Balaban J connectivity index is 1.89. The molecule has 0 spiro atoms. The van der Waals surface area contributed by atoms with Crippen molar-refractivity contribution in [3.63, 3.8) is 0 Å². The highest BCUT2D eigenvalue weighted by molar-refractivity contribution is 6.30. The Morgan fingerprint density at radius 1 is 1.47 bits per heavy atom. The Morgan fingerprint density at radius 2 is 2.06 bits per heavy atom. The molecule has 0 radical (unpaired) electrons. The fourth-order valence-electron chi connectivity index (χ4n) is 1.77. The lowest BCUT2D eigenvalue weighted by Crippen LogP contribution is -2.63. The first-order valence-corrected chi connectivity index (χ1v) is 5.94. The zero-order valence-electron chi connectivity index (χ0n) is 9.61. The standard InChI is InChI=1S/C12H15ClN2O2/c1-2-12(17)7-15(8-12)11(16)14-10-5-3-9(13)4-6-10/h3-6,17H,2,7-8H2,1H3,(H,14,16). The average Bonchev–Trinajstić information content (AvgIpc) is 2.28. The number of β-amino-alcohol motifs (C(OH)–C–C–N with tert-alkyl or cyclic N) is 1. The van der Waals surface area contributed by atoms with Gasteiger partial charge < -0.3 is 15.3 Å². The number of hydrogen-bond acceptors (Lipinski definition) is 2. The second-order valence-electron chi connectivity index (χ2n) is 4.37. The number of aliphatic hydroxyl groups is 1. The van der Waals surface area contributed by atoms with Crippen molar-refractivity contribution in [1.29, 1.82) is 0 Å². The summed E-state index contributed by atoms with van der Waals surface area (Å²) in [5.74, 6) is 0. The summed E-state index contributed by atoms with van der Waals surface area (Å²) in [6, 6.07) is 6.73. The van der Waals surface area contributed by atoms with Crippen LogP contribution in [0.5, 0.6) is 0 Å². The van der Waals surface area contributed by atoms with E-state index in [1.54, 1.807) is 29.2 Å². The summed E-state index contributed by atoms with van der Waals surface area (Å²) in [6.07, 6.45) is 0.664. The van der Waals surface area contributed by atoms with Crippen LogP contribution in [0.4, 0.5) is 10.5 Å². The molecule has 0 saturated carbocycles. The van der Waals surface area contributed by atoms with Crippen molar-refractivity contribution >= 4 is 23.3 Å². The van der Waals surface area contributed by atoms with Gasteiger partial charge in [-0.15, -0.1) is 0 Å². The maximum absolute atomic E-state index is 11.8. The van der Waals surface area contributed by atoms with Crippen LogP contribution in [0.2, 0.25) is 5.02 Å². The summed E-state index contributed by atoms with van der Waals surface area (Å²) < 4.78 is 0.